The summed E-state index contributed by atoms with van der Waals surface area (Å²) >= 11 is 5.88. The lowest BCUT2D eigenvalue weighted by Crippen LogP contribution is -2.26. The molecule has 0 unspecified atom stereocenters. The fourth-order valence-electron chi connectivity index (χ4n) is 2.79. The van der Waals surface area contributed by atoms with E-state index in [0.29, 0.717) is 11.6 Å². The molecule has 0 N–H and O–H groups in total. The Kier molecular flexibility index (Phi) is 4.46. The van der Waals surface area contributed by atoms with Crippen LogP contribution in [0.2, 0.25) is 5.02 Å². The van der Waals surface area contributed by atoms with Crippen LogP contribution in [0.3, 0.4) is 0 Å². The molecule has 120 valence electrons. The zero-order chi connectivity index (χ0) is 16.4. The maximum atomic E-state index is 13.1. The molecule has 0 amide bonds. The molecule has 0 saturated heterocycles. The molecule has 23 heavy (non-hydrogen) atoms. The van der Waals surface area contributed by atoms with Crippen LogP contribution in [0.25, 0.3) is 0 Å². The number of hydrogen-bond donors (Lipinski definition) is 0. The van der Waals surface area contributed by atoms with Gasteiger partial charge in [-0.1, -0.05) is 60.1 Å². The Bertz CT molecular complexity index is 692. The average molecular weight is 338 g/mol. The first-order valence-corrected chi connectivity index (χ1v) is 7.62. The third-order valence-corrected chi connectivity index (χ3v) is 4.18. The van der Waals surface area contributed by atoms with Crippen molar-refractivity contribution in [3.05, 3.63) is 82.4 Å². The van der Waals surface area contributed by atoms with Gasteiger partial charge in [-0.15, -0.1) is 0 Å². The zero-order valence-electron chi connectivity index (χ0n) is 12.2. The Morgan fingerprint density at radius 3 is 2.26 bits per heavy atom. The van der Waals surface area contributed by atoms with Crippen LogP contribution in [0.4, 0.5) is 13.2 Å². The molecule has 1 aliphatic heterocycles. The third kappa shape index (κ3) is 3.77. The SMILES string of the molecule is FC(F)(F)C1=C[C@@H](c2ccc(Cl)cc2)N(Cc2ccccc2)C1. The van der Waals surface area contributed by atoms with Crippen molar-refractivity contribution in [2.24, 2.45) is 0 Å². The summed E-state index contributed by atoms with van der Waals surface area (Å²) in [6.07, 6.45) is -2.98. The minimum absolute atomic E-state index is 0.105. The Balaban J connectivity index is 1.89. The summed E-state index contributed by atoms with van der Waals surface area (Å²) in [6, 6.07) is 16.1. The highest BCUT2D eigenvalue weighted by atomic mass is 35.5. The Morgan fingerprint density at radius 1 is 1.00 bits per heavy atom. The Hall–Kier alpha value is -1.78. The van der Waals surface area contributed by atoms with Crippen molar-refractivity contribution in [2.45, 2.75) is 18.8 Å². The first kappa shape index (κ1) is 16.1. The van der Waals surface area contributed by atoms with Gasteiger partial charge in [-0.05, 0) is 23.3 Å². The number of benzene rings is 2. The van der Waals surface area contributed by atoms with Gasteiger partial charge in [0.1, 0.15) is 0 Å². The van der Waals surface area contributed by atoms with Crippen LogP contribution >= 0.6 is 11.6 Å². The second-order valence-corrected chi connectivity index (χ2v) is 6.01. The van der Waals surface area contributed by atoms with Crippen LogP contribution in [0.1, 0.15) is 17.2 Å². The molecule has 0 aromatic heterocycles. The van der Waals surface area contributed by atoms with Crippen LogP contribution in [0.15, 0.2) is 66.2 Å². The highest BCUT2D eigenvalue weighted by molar-refractivity contribution is 6.30. The summed E-state index contributed by atoms with van der Waals surface area (Å²) in [6.45, 7) is 0.357. The molecule has 0 spiro atoms. The van der Waals surface area contributed by atoms with Crippen LogP contribution < -0.4 is 0 Å². The third-order valence-electron chi connectivity index (χ3n) is 3.93. The van der Waals surface area contributed by atoms with Crippen LogP contribution in [0.5, 0.6) is 0 Å². The molecule has 3 rings (SSSR count). The highest BCUT2D eigenvalue weighted by Crippen LogP contribution is 2.38. The zero-order valence-corrected chi connectivity index (χ0v) is 13.0. The quantitative estimate of drug-likeness (QED) is 0.679. The van der Waals surface area contributed by atoms with Crippen molar-refractivity contribution in [3.63, 3.8) is 0 Å². The molecular formula is C18H15ClF3N. The maximum absolute atomic E-state index is 13.1. The van der Waals surface area contributed by atoms with Gasteiger partial charge in [-0.2, -0.15) is 13.2 Å². The molecule has 5 heteroatoms. The smallest absolute Gasteiger partial charge is 0.284 e. The van der Waals surface area contributed by atoms with Crippen molar-refractivity contribution in [1.29, 1.82) is 0 Å². The van der Waals surface area contributed by atoms with Crippen molar-refractivity contribution in [2.75, 3.05) is 6.54 Å². The molecule has 2 aromatic carbocycles. The van der Waals surface area contributed by atoms with E-state index in [4.69, 9.17) is 11.6 Å². The molecule has 0 fully saturated rings. The lowest BCUT2D eigenvalue weighted by atomic mass is 10.1. The highest BCUT2D eigenvalue weighted by Gasteiger charge is 2.40. The normalized spacial score (nSPS) is 19.0. The fourth-order valence-corrected chi connectivity index (χ4v) is 2.92. The van der Waals surface area contributed by atoms with E-state index in [1.807, 2.05) is 35.2 Å². The molecule has 0 bridgehead atoms. The molecule has 1 heterocycles. The molecule has 0 aliphatic carbocycles. The van der Waals surface area contributed by atoms with Gasteiger partial charge in [0.25, 0.3) is 0 Å². The minimum atomic E-state index is -4.30. The molecule has 0 radical (unpaired) electrons. The summed E-state index contributed by atoms with van der Waals surface area (Å²) in [5.74, 6) is 0. The van der Waals surface area contributed by atoms with Gasteiger partial charge in [0.2, 0.25) is 0 Å². The van der Waals surface area contributed by atoms with E-state index in [1.54, 1.807) is 24.3 Å². The number of alkyl halides is 3. The number of rotatable bonds is 3. The lowest BCUT2D eigenvalue weighted by molar-refractivity contribution is -0.0937. The second-order valence-electron chi connectivity index (χ2n) is 5.58. The van der Waals surface area contributed by atoms with Gasteiger partial charge >= 0.3 is 6.18 Å². The fraction of sp³-hybridized carbons (Fsp3) is 0.222. The molecule has 0 saturated carbocycles. The topological polar surface area (TPSA) is 3.24 Å². The van der Waals surface area contributed by atoms with E-state index in [-0.39, 0.29) is 6.54 Å². The number of hydrogen-bond acceptors (Lipinski definition) is 1. The van der Waals surface area contributed by atoms with E-state index >= 15 is 0 Å². The second kappa shape index (κ2) is 6.38. The lowest BCUT2D eigenvalue weighted by Gasteiger charge is -2.25. The summed E-state index contributed by atoms with van der Waals surface area (Å²) in [5, 5.41) is 0.571. The standard InChI is InChI=1S/C18H15ClF3N/c19-16-8-6-14(7-9-16)17-10-15(18(20,21)22)12-23(17)11-13-4-2-1-3-5-13/h1-10,17H,11-12H2/t17-/m0/s1. The van der Waals surface area contributed by atoms with Gasteiger partial charge in [-0.25, -0.2) is 0 Å². The van der Waals surface area contributed by atoms with Gasteiger partial charge in [-0.3, -0.25) is 4.90 Å². The summed E-state index contributed by atoms with van der Waals surface area (Å²) in [5.41, 5.74) is 1.31. The first-order chi connectivity index (χ1) is 10.9. The first-order valence-electron chi connectivity index (χ1n) is 7.25. The summed E-state index contributed by atoms with van der Waals surface area (Å²) in [7, 11) is 0. The van der Waals surface area contributed by atoms with Crippen molar-refractivity contribution in [1.82, 2.24) is 4.90 Å². The predicted molar refractivity (Wildman–Crippen MR) is 85.2 cm³/mol. The monoisotopic (exact) mass is 337 g/mol. The van der Waals surface area contributed by atoms with Crippen molar-refractivity contribution < 1.29 is 13.2 Å². The number of nitrogens with zero attached hydrogens (tertiary/aromatic N) is 1. The summed E-state index contributed by atoms with van der Waals surface area (Å²) in [4.78, 5) is 1.82. The van der Waals surface area contributed by atoms with Crippen molar-refractivity contribution >= 4 is 11.6 Å². The van der Waals surface area contributed by atoms with Gasteiger partial charge in [0, 0.05) is 23.7 Å². The molecule has 1 nitrogen and oxygen atoms in total. The number of halogens is 4. The van der Waals surface area contributed by atoms with E-state index in [0.717, 1.165) is 11.1 Å². The van der Waals surface area contributed by atoms with Gasteiger partial charge in [0.05, 0.1) is 6.04 Å². The van der Waals surface area contributed by atoms with Crippen LogP contribution in [0, 0.1) is 0 Å². The van der Waals surface area contributed by atoms with Gasteiger partial charge in [0.15, 0.2) is 0 Å². The van der Waals surface area contributed by atoms with Crippen LogP contribution in [-0.2, 0) is 6.54 Å². The molecule has 1 atom stereocenters. The van der Waals surface area contributed by atoms with E-state index in [9.17, 15) is 13.2 Å². The van der Waals surface area contributed by atoms with E-state index in [1.165, 1.54) is 6.08 Å². The van der Waals surface area contributed by atoms with E-state index < -0.39 is 17.8 Å². The molecule has 2 aromatic rings. The predicted octanol–water partition coefficient (Wildman–Crippen LogP) is 5.39. The maximum Gasteiger partial charge on any atom is 0.413 e. The van der Waals surface area contributed by atoms with Gasteiger partial charge < -0.3 is 0 Å². The van der Waals surface area contributed by atoms with Crippen molar-refractivity contribution in [3.8, 4) is 0 Å². The average Bonchev–Trinajstić information content (AvgIpc) is 2.93. The Labute approximate surface area is 138 Å². The van der Waals surface area contributed by atoms with E-state index in [2.05, 4.69) is 0 Å². The largest absolute Gasteiger partial charge is 0.413 e. The van der Waals surface area contributed by atoms with Crippen LogP contribution in [-0.4, -0.2) is 17.6 Å². The minimum Gasteiger partial charge on any atom is -0.284 e. The Morgan fingerprint density at radius 2 is 1.65 bits per heavy atom. The molecule has 1 aliphatic rings. The molecular weight excluding hydrogens is 323 g/mol. The summed E-state index contributed by atoms with van der Waals surface area (Å²) < 4.78 is 39.3.